The van der Waals surface area contributed by atoms with Crippen LogP contribution < -0.4 is 0 Å². The quantitative estimate of drug-likeness (QED) is 0.704. The van der Waals surface area contributed by atoms with Crippen molar-refractivity contribution < 1.29 is 9.59 Å². The molecule has 2 rings (SSSR count). The molecule has 0 saturated heterocycles. The van der Waals surface area contributed by atoms with Crippen molar-refractivity contribution in [1.82, 2.24) is 4.98 Å². The van der Waals surface area contributed by atoms with E-state index in [1.54, 1.807) is 18.3 Å². The van der Waals surface area contributed by atoms with Crippen molar-refractivity contribution in [3.05, 3.63) is 35.5 Å². The van der Waals surface area contributed by atoms with Crippen molar-refractivity contribution in [2.75, 3.05) is 0 Å². The lowest BCUT2D eigenvalue weighted by Crippen LogP contribution is -1.81. The van der Waals surface area contributed by atoms with Crippen molar-refractivity contribution in [2.45, 2.75) is 0 Å². The second-order valence-corrected chi connectivity index (χ2v) is 2.75. The number of hydrogen-bond acceptors (Lipinski definition) is 2. The van der Waals surface area contributed by atoms with E-state index in [4.69, 9.17) is 0 Å². The van der Waals surface area contributed by atoms with Crippen molar-refractivity contribution in [3.8, 4) is 0 Å². The summed E-state index contributed by atoms with van der Waals surface area (Å²) in [7, 11) is 0. The zero-order chi connectivity index (χ0) is 9.26. The molecule has 3 nitrogen and oxygen atoms in total. The Hall–Kier alpha value is -1.90. The summed E-state index contributed by atoms with van der Waals surface area (Å²) in [5.41, 5.74) is 1.88. The number of hydrogen-bond donors (Lipinski definition) is 1. The lowest BCUT2D eigenvalue weighted by Gasteiger charge is -1.93. The SMILES string of the molecule is O=Cc1c[nH]c2c(C=O)cccc12. The highest BCUT2D eigenvalue weighted by Crippen LogP contribution is 2.18. The molecular formula is C10H7NO2. The summed E-state index contributed by atoms with van der Waals surface area (Å²) in [6, 6.07) is 5.27. The minimum atomic E-state index is 0.575. The minimum absolute atomic E-state index is 0.575. The topological polar surface area (TPSA) is 49.9 Å². The second kappa shape index (κ2) is 2.86. The molecule has 0 aliphatic rings. The van der Waals surface area contributed by atoms with Gasteiger partial charge in [-0.2, -0.15) is 0 Å². The molecule has 0 aliphatic carbocycles. The Morgan fingerprint density at radius 3 is 2.54 bits per heavy atom. The molecule has 2 aromatic rings. The maximum absolute atomic E-state index is 10.6. The van der Waals surface area contributed by atoms with Gasteiger partial charge >= 0.3 is 0 Å². The molecule has 0 radical (unpaired) electrons. The van der Waals surface area contributed by atoms with E-state index in [0.717, 1.165) is 23.5 Å². The average molecular weight is 173 g/mol. The molecule has 0 atom stereocenters. The fraction of sp³-hybridized carbons (Fsp3) is 0. The normalized spacial score (nSPS) is 10.2. The van der Waals surface area contributed by atoms with E-state index in [9.17, 15) is 9.59 Å². The zero-order valence-corrected chi connectivity index (χ0v) is 6.78. The van der Waals surface area contributed by atoms with Crippen LogP contribution in [0.1, 0.15) is 20.7 Å². The Morgan fingerprint density at radius 1 is 1.08 bits per heavy atom. The predicted molar refractivity (Wildman–Crippen MR) is 49.1 cm³/mol. The lowest BCUT2D eigenvalue weighted by atomic mass is 10.1. The number of aldehydes is 2. The summed E-state index contributed by atoms with van der Waals surface area (Å²) in [4.78, 5) is 24.1. The number of fused-ring (bicyclic) bond motifs is 1. The maximum Gasteiger partial charge on any atom is 0.152 e. The van der Waals surface area contributed by atoms with Gasteiger partial charge in [0.1, 0.15) is 0 Å². The van der Waals surface area contributed by atoms with Crippen molar-refractivity contribution in [3.63, 3.8) is 0 Å². The smallest absolute Gasteiger partial charge is 0.152 e. The molecule has 3 heteroatoms. The van der Waals surface area contributed by atoms with Crippen LogP contribution in [0.25, 0.3) is 10.9 Å². The molecule has 1 heterocycles. The van der Waals surface area contributed by atoms with E-state index in [1.807, 2.05) is 6.07 Å². The number of aromatic amines is 1. The summed E-state index contributed by atoms with van der Waals surface area (Å²) < 4.78 is 0. The van der Waals surface area contributed by atoms with Crippen LogP contribution in [0.2, 0.25) is 0 Å². The van der Waals surface area contributed by atoms with Gasteiger partial charge in [-0.25, -0.2) is 0 Å². The molecule has 0 amide bonds. The van der Waals surface area contributed by atoms with Crippen LogP contribution in [0.4, 0.5) is 0 Å². The highest BCUT2D eigenvalue weighted by atomic mass is 16.1. The number of H-pyrrole nitrogens is 1. The molecule has 1 aromatic carbocycles. The molecule has 0 bridgehead atoms. The van der Waals surface area contributed by atoms with Crippen LogP contribution in [0, 0.1) is 0 Å². The number of para-hydroxylation sites is 1. The van der Waals surface area contributed by atoms with Crippen LogP contribution in [0.15, 0.2) is 24.4 Å². The summed E-state index contributed by atoms with van der Waals surface area (Å²) >= 11 is 0. The third-order valence-corrected chi connectivity index (χ3v) is 2.03. The first-order valence-corrected chi connectivity index (χ1v) is 3.87. The van der Waals surface area contributed by atoms with Crippen molar-refractivity contribution in [1.29, 1.82) is 0 Å². The van der Waals surface area contributed by atoms with Gasteiger partial charge < -0.3 is 4.98 Å². The van der Waals surface area contributed by atoms with Crippen molar-refractivity contribution in [2.24, 2.45) is 0 Å². The summed E-state index contributed by atoms with van der Waals surface area (Å²) in [5, 5.41) is 0.791. The van der Waals surface area contributed by atoms with E-state index >= 15 is 0 Å². The molecule has 0 aliphatic heterocycles. The second-order valence-electron chi connectivity index (χ2n) is 2.75. The first kappa shape index (κ1) is 7.73. The van der Waals surface area contributed by atoms with Crippen LogP contribution in [0.5, 0.6) is 0 Å². The van der Waals surface area contributed by atoms with Crippen LogP contribution >= 0.6 is 0 Å². The van der Waals surface area contributed by atoms with Gasteiger partial charge in [-0.1, -0.05) is 12.1 Å². The Bertz CT molecular complexity index is 471. The molecule has 1 aromatic heterocycles. The van der Waals surface area contributed by atoms with E-state index in [1.165, 1.54) is 0 Å². The lowest BCUT2D eigenvalue weighted by molar-refractivity contribution is 0.111. The number of carbonyl (C=O) groups excluding carboxylic acids is 2. The summed E-state index contributed by atoms with van der Waals surface area (Å²) in [6.07, 6.45) is 3.14. The molecule has 0 saturated carbocycles. The molecular weight excluding hydrogens is 166 g/mol. The largest absolute Gasteiger partial charge is 0.360 e. The zero-order valence-electron chi connectivity index (χ0n) is 6.78. The van der Waals surface area contributed by atoms with Crippen LogP contribution in [-0.2, 0) is 0 Å². The fourth-order valence-electron chi connectivity index (χ4n) is 1.40. The highest BCUT2D eigenvalue weighted by molar-refractivity contribution is 6.03. The third kappa shape index (κ3) is 1.05. The van der Waals surface area contributed by atoms with E-state index in [-0.39, 0.29) is 0 Å². The van der Waals surface area contributed by atoms with Gasteiger partial charge in [0.2, 0.25) is 0 Å². The van der Waals surface area contributed by atoms with Crippen molar-refractivity contribution >= 4 is 23.5 Å². The third-order valence-electron chi connectivity index (χ3n) is 2.03. The van der Waals surface area contributed by atoms with Gasteiger partial charge in [0.05, 0.1) is 5.52 Å². The van der Waals surface area contributed by atoms with Gasteiger partial charge in [0.15, 0.2) is 12.6 Å². The van der Waals surface area contributed by atoms with Gasteiger partial charge in [-0.05, 0) is 6.07 Å². The Balaban J connectivity index is 2.86. The molecule has 64 valence electrons. The Labute approximate surface area is 74.4 Å². The Kier molecular flexibility index (Phi) is 1.70. The summed E-state index contributed by atoms with van der Waals surface area (Å²) in [5.74, 6) is 0. The highest BCUT2D eigenvalue weighted by Gasteiger charge is 2.04. The average Bonchev–Trinajstić information content (AvgIpc) is 2.60. The first-order chi connectivity index (χ1) is 6.36. The predicted octanol–water partition coefficient (Wildman–Crippen LogP) is 1.79. The molecule has 1 N–H and O–H groups in total. The van der Waals surface area contributed by atoms with Gasteiger partial charge in [0.25, 0.3) is 0 Å². The Morgan fingerprint density at radius 2 is 1.85 bits per heavy atom. The van der Waals surface area contributed by atoms with Gasteiger partial charge in [0, 0.05) is 22.7 Å². The molecule has 13 heavy (non-hydrogen) atoms. The molecule has 0 unspecified atom stereocenters. The van der Waals surface area contributed by atoms with Crippen LogP contribution in [-0.4, -0.2) is 17.6 Å². The van der Waals surface area contributed by atoms with Gasteiger partial charge in [-0.3, -0.25) is 9.59 Å². The minimum Gasteiger partial charge on any atom is -0.360 e. The molecule has 0 spiro atoms. The fourth-order valence-corrected chi connectivity index (χ4v) is 1.40. The number of nitrogens with one attached hydrogen (secondary N) is 1. The molecule has 0 fully saturated rings. The van der Waals surface area contributed by atoms with Crippen LogP contribution in [0.3, 0.4) is 0 Å². The van der Waals surface area contributed by atoms with E-state index in [2.05, 4.69) is 4.98 Å². The number of benzene rings is 1. The number of rotatable bonds is 2. The summed E-state index contributed by atoms with van der Waals surface area (Å²) in [6.45, 7) is 0. The monoisotopic (exact) mass is 173 g/mol. The van der Waals surface area contributed by atoms with E-state index in [0.29, 0.717) is 11.1 Å². The standard InChI is InChI=1S/C10H7NO2/c12-5-7-2-1-3-9-8(6-13)4-11-10(7)9/h1-6,11H. The number of aromatic nitrogens is 1. The van der Waals surface area contributed by atoms with Gasteiger partial charge in [-0.15, -0.1) is 0 Å². The van der Waals surface area contributed by atoms with E-state index < -0.39 is 0 Å². The first-order valence-electron chi connectivity index (χ1n) is 3.87. The number of carbonyl (C=O) groups is 2. The maximum atomic E-state index is 10.6.